The maximum atomic E-state index is 11.6. The lowest BCUT2D eigenvalue weighted by molar-refractivity contribution is 0.0697. The number of aryl methyl sites for hydroxylation is 1. The molecule has 3 rings (SSSR count). The van der Waals surface area contributed by atoms with E-state index in [-0.39, 0.29) is 5.56 Å². The quantitative estimate of drug-likeness (QED) is 0.766. The molecule has 0 unspecified atom stereocenters. The molecule has 0 radical (unpaired) electrons. The molecule has 0 atom stereocenters. The number of benzene rings is 2. The lowest BCUT2D eigenvalue weighted by Gasteiger charge is -2.14. The van der Waals surface area contributed by atoms with E-state index < -0.39 is 5.97 Å². The normalized spacial score (nSPS) is 10.6. The molecule has 2 N–H and O–H groups in total. The number of nitrogens with zero attached hydrogens (tertiary/aromatic N) is 1. The van der Waals surface area contributed by atoms with E-state index in [1.807, 2.05) is 54.6 Å². The van der Waals surface area contributed by atoms with Crippen molar-refractivity contribution < 1.29 is 9.90 Å². The van der Waals surface area contributed by atoms with Crippen LogP contribution in [-0.2, 0) is 6.54 Å². The predicted octanol–water partition coefficient (Wildman–Crippen LogP) is 3.85. The van der Waals surface area contributed by atoms with Gasteiger partial charge in [0.2, 0.25) is 0 Å². The van der Waals surface area contributed by atoms with Crippen LogP contribution in [0.3, 0.4) is 0 Å². The molecule has 4 heteroatoms. The average molecular weight is 292 g/mol. The lowest BCUT2D eigenvalue weighted by Crippen LogP contribution is -2.10. The number of carboxylic acid groups (broad SMARTS) is 1. The number of hydrogen-bond donors (Lipinski definition) is 2. The number of rotatable bonds is 4. The minimum absolute atomic E-state index is 0.231. The molecule has 0 aliphatic rings. The molecule has 0 fully saturated rings. The summed E-state index contributed by atoms with van der Waals surface area (Å²) < 4.78 is 0. The molecule has 4 nitrogen and oxygen atoms in total. The van der Waals surface area contributed by atoms with Crippen molar-refractivity contribution in [3.05, 3.63) is 71.4 Å². The second-order valence-electron chi connectivity index (χ2n) is 5.11. The molecule has 0 bridgehead atoms. The smallest absolute Gasteiger partial charge is 0.339 e. The van der Waals surface area contributed by atoms with Crippen molar-refractivity contribution in [1.29, 1.82) is 0 Å². The molecular weight excluding hydrogens is 276 g/mol. The zero-order valence-electron chi connectivity index (χ0n) is 12.2. The van der Waals surface area contributed by atoms with E-state index in [1.165, 1.54) is 0 Å². The molecule has 110 valence electrons. The number of hydrogen-bond acceptors (Lipinski definition) is 3. The predicted molar refractivity (Wildman–Crippen MR) is 87.2 cm³/mol. The number of carboxylic acids is 1. The highest BCUT2D eigenvalue weighted by atomic mass is 16.4. The van der Waals surface area contributed by atoms with E-state index in [1.54, 1.807) is 6.92 Å². The third-order valence-electron chi connectivity index (χ3n) is 3.60. The van der Waals surface area contributed by atoms with Gasteiger partial charge in [0.25, 0.3) is 0 Å². The van der Waals surface area contributed by atoms with Gasteiger partial charge in [-0.25, -0.2) is 4.79 Å². The minimum Gasteiger partial charge on any atom is -0.478 e. The van der Waals surface area contributed by atoms with Gasteiger partial charge in [0.05, 0.1) is 16.9 Å². The molecule has 0 amide bonds. The SMILES string of the molecule is Cc1nc2ccccc2c(NCc2ccccc2)c1C(=O)O. The Balaban J connectivity index is 2.09. The molecule has 0 saturated heterocycles. The zero-order valence-corrected chi connectivity index (χ0v) is 12.2. The summed E-state index contributed by atoms with van der Waals surface area (Å²) in [6, 6.07) is 17.5. The number of anilines is 1. The maximum absolute atomic E-state index is 11.6. The minimum atomic E-state index is -0.966. The van der Waals surface area contributed by atoms with Gasteiger partial charge in [0.15, 0.2) is 0 Å². The van der Waals surface area contributed by atoms with Crippen LogP contribution in [0.2, 0.25) is 0 Å². The van der Waals surface area contributed by atoms with Gasteiger partial charge >= 0.3 is 5.97 Å². The van der Waals surface area contributed by atoms with Gasteiger partial charge in [0, 0.05) is 11.9 Å². The summed E-state index contributed by atoms with van der Waals surface area (Å²) in [6.45, 7) is 2.29. The second kappa shape index (κ2) is 5.85. The Morgan fingerprint density at radius 3 is 2.50 bits per heavy atom. The Labute approximate surface area is 128 Å². The van der Waals surface area contributed by atoms with Crippen LogP contribution in [0.5, 0.6) is 0 Å². The van der Waals surface area contributed by atoms with Gasteiger partial charge in [-0.05, 0) is 18.6 Å². The van der Waals surface area contributed by atoms with Gasteiger partial charge in [-0.15, -0.1) is 0 Å². The first-order valence-electron chi connectivity index (χ1n) is 7.07. The van der Waals surface area contributed by atoms with Crippen molar-refractivity contribution in [2.24, 2.45) is 0 Å². The monoisotopic (exact) mass is 292 g/mol. The summed E-state index contributed by atoms with van der Waals surface area (Å²) in [5.74, 6) is -0.966. The Hall–Kier alpha value is -2.88. The van der Waals surface area contributed by atoms with Crippen molar-refractivity contribution in [3.8, 4) is 0 Å². The maximum Gasteiger partial charge on any atom is 0.339 e. The molecule has 0 aliphatic heterocycles. The van der Waals surface area contributed by atoms with Gasteiger partial charge < -0.3 is 10.4 Å². The van der Waals surface area contributed by atoms with Crippen LogP contribution in [0.4, 0.5) is 5.69 Å². The van der Waals surface area contributed by atoms with Crippen LogP contribution < -0.4 is 5.32 Å². The molecule has 22 heavy (non-hydrogen) atoms. The first-order chi connectivity index (χ1) is 10.7. The van der Waals surface area contributed by atoms with Crippen molar-refractivity contribution in [3.63, 3.8) is 0 Å². The van der Waals surface area contributed by atoms with Gasteiger partial charge in [-0.3, -0.25) is 4.98 Å². The summed E-state index contributed by atoms with van der Waals surface area (Å²) in [4.78, 5) is 16.0. The number of para-hydroxylation sites is 1. The van der Waals surface area contributed by atoms with E-state index in [2.05, 4.69) is 10.3 Å². The van der Waals surface area contributed by atoms with Gasteiger partial charge in [-0.2, -0.15) is 0 Å². The first-order valence-corrected chi connectivity index (χ1v) is 7.07. The highest BCUT2D eigenvalue weighted by molar-refractivity contribution is 6.05. The van der Waals surface area contributed by atoms with E-state index in [0.717, 1.165) is 16.5 Å². The molecule has 3 aromatic rings. The van der Waals surface area contributed by atoms with E-state index in [4.69, 9.17) is 0 Å². The first kappa shape index (κ1) is 14.1. The standard InChI is InChI=1S/C18H16N2O2/c1-12-16(18(21)22)17(14-9-5-6-10-15(14)20-12)19-11-13-7-3-2-4-8-13/h2-10H,11H2,1H3,(H,19,20)(H,21,22). The van der Waals surface area contributed by atoms with Gasteiger partial charge in [-0.1, -0.05) is 48.5 Å². The van der Waals surface area contributed by atoms with Crippen LogP contribution in [0.1, 0.15) is 21.6 Å². The second-order valence-corrected chi connectivity index (χ2v) is 5.11. The Morgan fingerprint density at radius 2 is 1.77 bits per heavy atom. The van der Waals surface area contributed by atoms with Crippen molar-refractivity contribution in [1.82, 2.24) is 4.98 Å². The third kappa shape index (κ3) is 2.63. The molecule has 0 spiro atoms. The lowest BCUT2D eigenvalue weighted by atomic mass is 10.1. The van der Waals surface area contributed by atoms with E-state index >= 15 is 0 Å². The fourth-order valence-electron chi connectivity index (χ4n) is 2.57. The topological polar surface area (TPSA) is 62.2 Å². The summed E-state index contributed by atoms with van der Waals surface area (Å²) in [5, 5.41) is 13.6. The van der Waals surface area contributed by atoms with Crippen LogP contribution in [0, 0.1) is 6.92 Å². The Morgan fingerprint density at radius 1 is 1.09 bits per heavy atom. The number of nitrogens with one attached hydrogen (secondary N) is 1. The molecule has 1 heterocycles. The Bertz CT molecular complexity index is 829. The van der Waals surface area contributed by atoms with Crippen LogP contribution in [-0.4, -0.2) is 16.1 Å². The van der Waals surface area contributed by atoms with Gasteiger partial charge in [0.1, 0.15) is 5.56 Å². The summed E-state index contributed by atoms with van der Waals surface area (Å²) in [7, 11) is 0. The number of pyridine rings is 1. The number of carbonyl (C=O) groups is 1. The molecular formula is C18H16N2O2. The molecule has 1 aromatic heterocycles. The fraction of sp³-hybridized carbons (Fsp3) is 0.111. The highest BCUT2D eigenvalue weighted by Crippen LogP contribution is 2.29. The van der Waals surface area contributed by atoms with Crippen LogP contribution in [0.25, 0.3) is 10.9 Å². The molecule has 0 saturated carbocycles. The van der Waals surface area contributed by atoms with E-state index in [0.29, 0.717) is 17.9 Å². The summed E-state index contributed by atoms with van der Waals surface area (Å²) in [6.07, 6.45) is 0. The van der Waals surface area contributed by atoms with Crippen LogP contribution in [0.15, 0.2) is 54.6 Å². The van der Waals surface area contributed by atoms with Crippen molar-refractivity contribution in [2.45, 2.75) is 13.5 Å². The summed E-state index contributed by atoms with van der Waals surface area (Å²) >= 11 is 0. The van der Waals surface area contributed by atoms with Crippen molar-refractivity contribution >= 4 is 22.6 Å². The van der Waals surface area contributed by atoms with Crippen LogP contribution >= 0.6 is 0 Å². The number of aromatic nitrogens is 1. The average Bonchev–Trinajstić information content (AvgIpc) is 2.52. The number of aromatic carboxylic acids is 1. The Kier molecular flexibility index (Phi) is 3.74. The molecule has 2 aromatic carbocycles. The highest BCUT2D eigenvalue weighted by Gasteiger charge is 2.18. The zero-order chi connectivity index (χ0) is 15.5. The van der Waals surface area contributed by atoms with Crippen molar-refractivity contribution in [2.75, 3.05) is 5.32 Å². The third-order valence-corrected chi connectivity index (χ3v) is 3.60. The van der Waals surface area contributed by atoms with E-state index in [9.17, 15) is 9.90 Å². The largest absolute Gasteiger partial charge is 0.478 e. The summed E-state index contributed by atoms with van der Waals surface area (Å²) in [5.41, 5.74) is 3.26. The molecule has 0 aliphatic carbocycles. The number of fused-ring (bicyclic) bond motifs is 1. The fourth-order valence-corrected chi connectivity index (χ4v) is 2.57.